The fraction of sp³-hybridized carbons (Fsp3) is 0.467. The molecule has 8 N–H and O–H groups in total. The van der Waals surface area contributed by atoms with E-state index >= 15 is 0 Å². The van der Waals surface area contributed by atoms with Gasteiger partial charge in [0.1, 0.15) is 37.4 Å². The van der Waals surface area contributed by atoms with Crippen LogP contribution in [0.15, 0.2) is 54.6 Å². The van der Waals surface area contributed by atoms with Gasteiger partial charge < -0.3 is 42.0 Å². The van der Waals surface area contributed by atoms with Gasteiger partial charge in [-0.1, -0.05) is 49.7 Å². The van der Waals surface area contributed by atoms with E-state index in [1.807, 2.05) is 26.0 Å². The lowest BCUT2D eigenvalue weighted by atomic mass is 9.87. The number of rotatable bonds is 18. The molecule has 0 saturated heterocycles. The Morgan fingerprint density at radius 1 is 0.864 bits per heavy atom. The first-order chi connectivity index (χ1) is 28.1. The van der Waals surface area contributed by atoms with Crippen molar-refractivity contribution in [1.29, 1.82) is 0 Å². The first kappa shape index (κ1) is 46.4. The summed E-state index contributed by atoms with van der Waals surface area (Å²) < 4.78 is 12.2. The number of nitrogens with zero attached hydrogens (tertiary/aromatic N) is 1. The van der Waals surface area contributed by atoms with Crippen molar-refractivity contribution in [2.45, 2.75) is 71.9 Å². The second-order valence-corrected chi connectivity index (χ2v) is 15.5. The minimum absolute atomic E-state index is 0.0390. The van der Waals surface area contributed by atoms with Crippen molar-refractivity contribution >= 4 is 34.9 Å². The van der Waals surface area contributed by atoms with Gasteiger partial charge in [0.25, 0.3) is 0 Å². The lowest BCUT2D eigenvalue weighted by Crippen LogP contribution is -2.46. The number of Topliss-reactive ketones (excluding diaryl/α,β-unsaturated/α-hetero) is 4. The van der Waals surface area contributed by atoms with Gasteiger partial charge in [-0.3, -0.25) is 28.8 Å². The quantitative estimate of drug-likeness (QED) is 0.117. The van der Waals surface area contributed by atoms with Crippen molar-refractivity contribution in [2.75, 3.05) is 46.5 Å². The molecule has 1 aliphatic rings. The predicted octanol–water partition coefficient (Wildman–Crippen LogP) is 3.18. The maximum atomic E-state index is 14.6. The standard InChI is InChI=1S/C45H59N5O9/c1-26-6-9-33(27(2)18-26)37(52)24-32(12-13-46)45(57)50(5)43-31-8-11-42(59-17-15-48)35(23-31)34-21-30(7-10-41(34)58-16-14-47)22-36(38(53)19-28(3)40(55)25-51)49-44(56)29(4)20-39(43)54/h6-11,18,21,23,28-29,32,36,43,51H,12-17,19-20,22,24-25,46-48H2,1-5H3,(H,49,56)/t28-,29-,32-,36+,43+/m1/s1. The topological polar surface area (TPSA) is 234 Å². The fourth-order valence-corrected chi connectivity index (χ4v) is 7.46. The molecule has 3 aromatic rings. The zero-order valence-corrected chi connectivity index (χ0v) is 34.8. The Kier molecular flexibility index (Phi) is 17.0. The van der Waals surface area contributed by atoms with Gasteiger partial charge in [0.2, 0.25) is 11.8 Å². The number of hydrogen-bond donors (Lipinski definition) is 5. The van der Waals surface area contributed by atoms with Gasteiger partial charge in [0.05, 0.1) is 6.04 Å². The molecular formula is C45H59N5O9. The average molecular weight is 814 g/mol. The molecule has 4 bridgehead atoms. The molecule has 0 unspecified atom stereocenters. The van der Waals surface area contributed by atoms with E-state index in [1.54, 1.807) is 49.4 Å². The Morgan fingerprint density at radius 3 is 2.12 bits per heavy atom. The third-order valence-corrected chi connectivity index (χ3v) is 10.7. The Labute approximate surface area is 346 Å². The van der Waals surface area contributed by atoms with Crippen LogP contribution in [0.5, 0.6) is 11.5 Å². The van der Waals surface area contributed by atoms with Gasteiger partial charge in [-0.2, -0.15) is 0 Å². The zero-order valence-electron chi connectivity index (χ0n) is 34.8. The highest BCUT2D eigenvalue weighted by atomic mass is 16.5. The Morgan fingerprint density at radius 2 is 1.51 bits per heavy atom. The van der Waals surface area contributed by atoms with Crippen LogP contribution in [0, 0.1) is 31.6 Å². The molecule has 1 heterocycles. The highest BCUT2D eigenvalue weighted by Gasteiger charge is 2.36. The monoisotopic (exact) mass is 813 g/mol. The molecule has 14 nitrogen and oxygen atoms in total. The molecule has 0 aliphatic carbocycles. The van der Waals surface area contributed by atoms with Crippen LogP contribution < -0.4 is 32.0 Å². The number of aliphatic hydroxyl groups is 1. The Hall–Kier alpha value is -5.28. The lowest BCUT2D eigenvalue weighted by Gasteiger charge is -2.32. The van der Waals surface area contributed by atoms with Crippen molar-refractivity contribution in [3.8, 4) is 22.6 Å². The Balaban J connectivity index is 1.88. The lowest BCUT2D eigenvalue weighted by molar-refractivity contribution is -0.142. The van der Waals surface area contributed by atoms with E-state index < -0.39 is 65.6 Å². The highest BCUT2D eigenvalue weighted by molar-refractivity contribution is 6.01. The number of ether oxygens (including phenoxy) is 2. The summed E-state index contributed by atoms with van der Waals surface area (Å²) in [6, 6.07) is 13.6. The summed E-state index contributed by atoms with van der Waals surface area (Å²) in [5, 5.41) is 12.2. The van der Waals surface area contributed by atoms with E-state index in [4.69, 9.17) is 26.7 Å². The summed E-state index contributed by atoms with van der Waals surface area (Å²) in [5.74, 6) is -4.43. The maximum Gasteiger partial charge on any atom is 0.226 e. The van der Waals surface area contributed by atoms with Gasteiger partial charge in [-0.05, 0) is 74.2 Å². The normalized spacial score (nSPS) is 17.9. The molecule has 0 fully saturated rings. The van der Waals surface area contributed by atoms with Crippen LogP contribution in [0.3, 0.4) is 0 Å². The summed E-state index contributed by atoms with van der Waals surface area (Å²) in [6.45, 7) is 7.01. The van der Waals surface area contributed by atoms with Crippen molar-refractivity contribution in [3.05, 3.63) is 82.4 Å². The van der Waals surface area contributed by atoms with E-state index in [9.17, 15) is 33.9 Å². The molecule has 0 radical (unpaired) electrons. The average Bonchev–Trinajstić information content (AvgIpc) is 3.20. The Bertz CT molecular complexity index is 2020. The van der Waals surface area contributed by atoms with E-state index in [0.29, 0.717) is 39.3 Å². The number of ketones is 4. The van der Waals surface area contributed by atoms with Crippen LogP contribution in [0.4, 0.5) is 0 Å². The van der Waals surface area contributed by atoms with Crippen LogP contribution in [0.25, 0.3) is 11.1 Å². The number of likely N-dealkylation sites (N-methyl/N-ethyl adjacent to an activating group) is 1. The van der Waals surface area contributed by atoms with Crippen LogP contribution in [0.1, 0.15) is 78.2 Å². The number of fused-ring (bicyclic) bond motifs is 5. The van der Waals surface area contributed by atoms with Gasteiger partial charge in [0.15, 0.2) is 23.1 Å². The van der Waals surface area contributed by atoms with Crippen molar-refractivity contribution in [3.63, 3.8) is 0 Å². The molecule has 2 amide bonds. The van der Waals surface area contributed by atoms with Crippen LogP contribution >= 0.6 is 0 Å². The number of benzene rings is 3. The fourth-order valence-electron chi connectivity index (χ4n) is 7.46. The zero-order chi connectivity index (χ0) is 43.4. The van der Waals surface area contributed by atoms with Crippen molar-refractivity contribution in [2.24, 2.45) is 35.0 Å². The largest absolute Gasteiger partial charge is 0.492 e. The molecule has 1 aliphatic heterocycles. The summed E-state index contributed by atoms with van der Waals surface area (Å²) in [5.41, 5.74) is 22.0. The molecule has 0 aromatic heterocycles. The van der Waals surface area contributed by atoms with E-state index in [-0.39, 0.29) is 70.7 Å². The molecule has 3 aromatic carbocycles. The van der Waals surface area contributed by atoms with Crippen molar-refractivity contribution in [1.82, 2.24) is 10.2 Å². The van der Waals surface area contributed by atoms with E-state index in [0.717, 1.165) is 11.1 Å². The van der Waals surface area contributed by atoms with E-state index in [1.165, 1.54) is 18.9 Å². The first-order valence-electron chi connectivity index (χ1n) is 20.1. The summed E-state index contributed by atoms with van der Waals surface area (Å²) >= 11 is 0. The van der Waals surface area contributed by atoms with Gasteiger partial charge in [-0.25, -0.2) is 0 Å². The maximum absolute atomic E-state index is 14.6. The second-order valence-electron chi connectivity index (χ2n) is 15.5. The number of amides is 2. The van der Waals surface area contributed by atoms with Gasteiger partial charge in [0, 0.05) is 73.8 Å². The van der Waals surface area contributed by atoms with Gasteiger partial charge in [-0.15, -0.1) is 0 Å². The SMILES string of the molecule is Cc1ccc(C(=O)C[C@@H](CCN)C(=O)N(C)[C@@H]2C(=O)C[C@@H](C)C(=O)N[C@H](C(=O)C[C@@H](C)C(=O)CO)Cc3ccc(OCCN)c(c3)-c3cc2ccc3OCCN)c(C)c1. The molecular weight excluding hydrogens is 755 g/mol. The molecule has 0 saturated carbocycles. The number of nitrogens with two attached hydrogens (primary N) is 3. The number of nitrogens with one attached hydrogen (secondary N) is 1. The van der Waals surface area contributed by atoms with Crippen LogP contribution in [-0.2, 0) is 30.4 Å². The van der Waals surface area contributed by atoms with Crippen molar-refractivity contribution < 1.29 is 43.3 Å². The molecule has 5 atom stereocenters. The second kappa shape index (κ2) is 21.6. The smallest absolute Gasteiger partial charge is 0.226 e. The molecule has 0 spiro atoms. The van der Waals surface area contributed by atoms with E-state index in [2.05, 4.69) is 5.32 Å². The number of carbonyl (C=O) groups excluding carboxylic acids is 6. The van der Waals surface area contributed by atoms with Crippen LogP contribution in [-0.4, -0.2) is 97.5 Å². The molecule has 59 heavy (non-hydrogen) atoms. The van der Waals surface area contributed by atoms with Gasteiger partial charge >= 0.3 is 0 Å². The third kappa shape index (κ3) is 11.9. The minimum Gasteiger partial charge on any atom is -0.492 e. The summed E-state index contributed by atoms with van der Waals surface area (Å²) in [7, 11) is 1.50. The molecule has 318 valence electrons. The van der Waals surface area contributed by atoms with Crippen LogP contribution in [0.2, 0.25) is 0 Å². The molecule has 4 rings (SSSR count). The number of aliphatic hydroxyl groups excluding tert-OH is 1. The summed E-state index contributed by atoms with van der Waals surface area (Å²) in [6.07, 6.45) is -0.449. The predicted molar refractivity (Wildman–Crippen MR) is 224 cm³/mol. The number of carbonyl (C=O) groups is 6. The third-order valence-electron chi connectivity index (χ3n) is 10.7. The number of hydrogen-bond acceptors (Lipinski definition) is 12. The highest BCUT2D eigenvalue weighted by Crippen LogP contribution is 2.41. The number of aryl methyl sites for hydroxylation is 2. The minimum atomic E-state index is -1.22. The molecule has 14 heteroatoms. The summed E-state index contributed by atoms with van der Waals surface area (Å²) in [4.78, 5) is 84.0. The first-order valence-corrected chi connectivity index (χ1v) is 20.1.